The second kappa shape index (κ2) is 5.32. The van der Waals surface area contributed by atoms with E-state index >= 15 is 0 Å². The molecule has 4 heteroatoms. The van der Waals surface area contributed by atoms with E-state index in [2.05, 4.69) is 17.1 Å². The summed E-state index contributed by atoms with van der Waals surface area (Å²) in [6, 6.07) is 6.24. The first-order valence-corrected chi connectivity index (χ1v) is 8.25. The van der Waals surface area contributed by atoms with Gasteiger partial charge in [-0.1, -0.05) is 23.7 Å². The molecule has 1 heterocycles. The Hall–Kier alpha value is -0.760. The Bertz CT molecular complexity index is 529. The Balaban J connectivity index is 1.87. The van der Waals surface area contributed by atoms with E-state index < -0.39 is 0 Å². The summed E-state index contributed by atoms with van der Waals surface area (Å²) in [4.78, 5) is 14.5. The summed E-state index contributed by atoms with van der Waals surface area (Å²) >= 11 is 8.47. The monoisotopic (exact) mass is 293 g/mol. The molecule has 0 radical (unpaired) electrons. The van der Waals surface area contributed by atoms with Crippen molar-refractivity contribution in [2.24, 2.45) is 4.99 Å². The SMILES string of the molecule is O=C=NC1(c2ccc(C3CCSCC3)c(Cl)c2)CC1. The fraction of sp³-hybridized carbons (Fsp3) is 0.533. The second-order valence-electron chi connectivity index (χ2n) is 5.36. The maximum absolute atomic E-state index is 10.5. The van der Waals surface area contributed by atoms with E-state index in [0.717, 1.165) is 23.4 Å². The number of rotatable bonds is 3. The molecular formula is C15H16ClNOS. The zero-order chi connectivity index (χ0) is 13.3. The highest BCUT2D eigenvalue weighted by atomic mass is 35.5. The minimum absolute atomic E-state index is 0.313. The first-order valence-electron chi connectivity index (χ1n) is 6.72. The third-order valence-corrected chi connectivity index (χ3v) is 5.56. The van der Waals surface area contributed by atoms with Crippen molar-refractivity contribution in [1.29, 1.82) is 0 Å². The van der Waals surface area contributed by atoms with E-state index in [1.807, 2.05) is 17.8 Å². The van der Waals surface area contributed by atoms with Crippen LogP contribution in [0.1, 0.15) is 42.7 Å². The first-order chi connectivity index (χ1) is 9.25. The van der Waals surface area contributed by atoms with Gasteiger partial charge in [-0.15, -0.1) is 0 Å². The van der Waals surface area contributed by atoms with Crippen molar-refractivity contribution in [3.63, 3.8) is 0 Å². The van der Waals surface area contributed by atoms with Crippen molar-refractivity contribution in [2.75, 3.05) is 11.5 Å². The number of isocyanates is 1. The highest BCUT2D eigenvalue weighted by Gasteiger charge is 2.45. The zero-order valence-corrected chi connectivity index (χ0v) is 12.3. The molecule has 1 aliphatic heterocycles. The van der Waals surface area contributed by atoms with Crippen LogP contribution < -0.4 is 0 Å². The summed E-state index contributed by atoms with van der Waals surface area (Å²) in [5.74, 6) is 3.04. The molecule has 2 aliphatic rings. The van der Waals surface area contributed by atoms with Gasteiger partial charge in [0.1, 0.15) is 0 Å². The molecule has 0 amide bonds. The standard InChI is InChI=1S/C15H16ClNOS/c16-14-9-12(15(5-6-15)17-10-18)1-2-13(14)11-3-7-19-8-4-11/h1-2,9,11H,3-8H2. The average Bonchev–Trinajstić information content (AvgIpc) is 3.21. The van der Waals surface area contributed by atoms with Crippen LogP contribution in [-0.2, 0) is 10.3 Å². The summed E-state index contributed by atoms with van der Waals surface area (Å²) in [5.41, 5.74) is 2.01. The lowest BCUT2D eigenvalue weighted by Crippen LogP contribution is -2.09. The summed E-state index contributed by atoms with van der Waals surface area (Å²) in [5, 5.41) is 0.835. The molecular weight excluding hydrogens is 278 g/mol. The molecule has 2 nitrogen and oxygen atoms in total. The quantitative estimate of drug-likeness (QED) is 0.615. The molecule has 0 atom stereocenters. The molecule has 0 spiro atoms. The third kappa shape index (κ3) is 2.60. The molecule has 19 heavy (non-hydrogen) atoms. The van der Waals surface area contributed by atoms with Gasteiger partial charge in [-0.05, 0) is 60.3 Å². The number of halogens is 1. The van der Waals surface area contributed by atoms with E-state index in [1.165, 1.54) is 29.9 Å². The van der Waals surface area contributed by atoms with Crippen LogP contribution in [0.4, 0.5) is 0 Å². The maximum Gasteiger partial charge on any atom is 0.235 e. The van der Waals surface area contributed by atoms with Crippen molar-refractivity contribution >= 4 is 29.4 Å². The molecule has 0 bridgehead atoms. The van der Waals surface area contributed by atoms with Gasteiger partial charge in [0.15, 0.2) is 0 Å². The average molecular weight is 294 g/mol. The minimum Gasteiger partial charge on any atom is -0.211 e. The maximum atomic E-state index is 10.5. The predicted octanol–water partition coefficient (Wildman–Crippen LogP) is 4.28. The fourth-order valence-corrected chi connectivity index (χ4v) is 4.27. The normalized spacial score (nSPS) is 21.7. The van der Waals surface area contributed by atoms with Crippen molar-refractivity contribution in [3.8, 4) is 0 Å². The van der Waals surface area contributed by atoms with Crippen molar-refractivity contribution in [3.05, 3.63) is 34.3 Å². The molecule has 1 saturated carbocycles. The predicted molar refractivity (Wildman–Crippen MR) is 79.8 cm³/mol. The number of nitrogens with zero attached hydrogens (tertiary/aromatic N) is 1. The van der Waals surface area contributed by atoms with Gasteiger partial charge in [0, 0.05) is 5.02 Å². The van der Waals surface area contributed by atoms with Crippen LogP contribution in [-0.4, -0.2) is 17.6 Å². The lowest BCUT2D eigenvalue weighted by Gasteiger charge is -2.23. The first kappa shape index (κ1) is 13.2. The summed E-state index contributed by atoms with van der Waals surface area (Å²) in [7, 11) is 0. The minimum atomic E-state index is -0.313. The number of aliphatic imine (C=N–C) groups is 1. The van der Waals surface area contributed by atoms with Gasteiger partial charge in [0.2, 0.25) is 6.08 Å². The van der Waals surface area contributed by atoms with Gasteiger partial charge in [0.25, 0.3) is 0 Å². The summed E-state index contributed by atoms with van der Waals surface area (Å²) in [6.45, 7) is 0. The number of thioether (sulfide) groups is 1. The summed E-state index contributed by atoms with van der Waals surface area (Å²) < 4.78 is 0. The van der Waals surface area contributed by atoms with Crippen LogP contribution in [0.25, 0.3) is 0 Å². The molecule has 0 unspecified atom stereocenters. The molecule has 1 saturated heterocycles. The zero-order valence-electron chi connectivity index (χ0n) is 10.7. The van der Waals surface area contributed by atoms with E-state index in [9.17, 15) is 4.79 Å². The van der Waals surface area contributed by atoms with E-state index in [-0.39, 0.29) is 5.54 Å². The lowest BCUT2D eigenvalue weighted by molar-refractivity contribution is 0.556. The topological polar surface area (TPSA) is 29.4 Å². The van der Waals surface area contributed by atoms with Gasteiger partial charge in [-0.2, -0.15) is 16.8 Å². The Morgan fingerprint density at radius 2 is 2.05 bits per heavy atom. The molecule has 1 aliphatic carbocycles. The van der Waals surface area contributed by atoms with Crippen LogP contribution in [0, 0.1) is 0 Å². The van der Waals surface area contributed by atoms with E-state index in [1.54, 1.807) is 6.08 Å². The van der Waals surface area contributed by atoms with E-state index in [4.69, 9.17) is 11.6 Å². The number of hydrogen-bond donors (Lipinski definition) is 0. The molecule has 0 aromatic heterocycles. The Kier molecular flexibility index (Phi) is 3.70. The largest absolute Gasteiger partial charge is 0.235 e. The lowest BCUT2D eigenvalue weighted by atomic mass is 9.91. The van der Waals surface area contributed by atoms with Crippen molar-refractivity contribution < 1.29 is 4.79 Å². The third-order valence-electron chi connectivity index (χ3n) is 4.18. The second-order valence-corrected chi connectivity index (χ2v) is 6.99. The Morgan fingerprint density at radius 1 is 1.32 bits per heavy atom. The van der Waals surface area contributed by atoms with Crippen LogP contribution in [0.5, 0.6) is 0 Å². The molecule has 3 rings (SSSR count). The Morgan fingerprint density at radius 3 is 2.63 bits per heavy atom. The van der Waals surface area contributed by atoms with E-state index in [0.29, 0.717) is 5.92 Å². The van der Waals surface area contributed by atoms with Crippen LogP contribution >= 0.6 is 23.4 Å². The fourth-order valence-electron chi connectivity index (χ4n) is 2.83. The highest BCUT2D eigenvalue weighted by Crippen LogP contribution is 2.50. The molecule has 1 aromatic rings. The number of hydrogen-bond acceptors (Lipinski definition) is 3. The molecule has 1 aromatic carbocycles. The van der Waals surface area contributed by atoms with Crippen LogP contribution in [0.2, 0.25) is 5.02 Å². The Labute approximate surface area is 122 Å². The molecule has 0 N–H and O–H groups in total. The molecule has 2 fully saturated rings. The number of benzene rings is 1. The van der Waals surface area contributed by atoms with Gasteiger partial charge < -0.3 is 0 Å². The van der Waals surface area contributed by atoms with Gasteiger partial charge in [-0.3, -0.25) is 0 Å². The van der Waals surface area contributed by atoms with Crippen LogP contribution in [0.3, 0.4) is 0 Å². The highest BCUT2D eigenvalue weighted by molar-refractivity contribution is 7.99. The smallest absolute Gasteiger partial charge is 0.211 e. The van der Waals surface area contributed by atoms with Crippen molar-refractivity contribution in [2.45, 2.75) is 37.1 Å². The van der Waals surface area contributed by atoms with Gasteiger partial charge in [-0.25, -0.2) is 4.79 Å². The molecule has 100 valence electrons. The number of carbonyl (C=O) groups excluding carboxylic acids is 1. The van der Waals surface area contributed by atoms with Crippen LogP contribution in [0.15, 0.2) is 23.2 Å². The summed E-state index contributed by atoms with van der Waals surface area (Å²) in [6.07, 6.45) is 5.97. The van der Waals surface area contributed by atoms with Gasteiger partial charge >= 0.3 is 0 Å². The van der Waals surface area contributed by atoms with Crippen molar-refractivity contribution in [1.82, 2.24) is 0 Å². The van der Waals surface area contributed by atoms with Gasteiger partial charge in [0.05, 0.1) is 5.54 Å².